The third kappa shape index (κ3) is 4.17. The van der Waals surface area contributed by atoms with Gasteiger partial charge >= 0.3 is 12.1 Å². The van der Waals surface area contributed by atoms with E-state index in [2.05, 4.69) is 46.3 Å². The topological polar surface area (TPSA) is 91.3 Å². The highest BCUT2D eigenvalue weighted by atomic mass is 28.4. The molecule has 0 aliphatic carbocycles. The summed E-state index contributed by atoms with van der Waals surface area (Å²) in [6.07, 6.45) is -3.02. The minimum atomic E-state index is -2.19. The van der Waals surface area contributed by atoms with E-state index in [1.807, 2.05) is 0 Å². The lowest BCUT2D eigenvalue weighted by Gasteiger charge is -2.42. The molecule has 0 aromatic carbocycles. The first-order valence-electron chi connectivity index (χ1n) is 8.73. The van der Waals surface area contributed by atoms with Crippen molar-refractivity contribution < 1.29 is 33.3 Å². The number of methoxy groups -OCH3 is 1. The molecule has 0 unspecified atom stereocenters. The van der Waals surface area contributed by atoms with Gasteiger partial charge in [-0.15, -0.1) is 0 Å². The molecule has 1 rings (SSSR count). The fourth-order valence-corrected chi connectivity index (χ4v) is 9.44. The quantitative estimate of drug-likeness (QED) is 0.539. The van der Waals surface area contributed by atoms with E-state index in [1.165, 1.54) is 6.92 Å². The van der Waals surface area contributed by atoms with Gasteiger partial charge < -0.3 is 23.7 Å². The van der Waals surface area contributed by atoms with Gasteiger partial charge in [-0.25, -0.2) is 9.59 Å². The molecular formula is C17H32O7Si. The van der Waals surface area contributed by atoms with Crippen LogP contribution >= 0.6 is 0 Å². The van der Waals surface area contributed by atoms with Gasteiger partial charge in [0.15, 0.2) is 17.8 Å². The van der Waals surface area contributed by atoms with Crippen molar-refractivity contribution in [2.45, 2.75) is 82.9 Å². The van der Waals surface area contributed by atoms with Gasteiger partial charge in [0, 0.05) is 0 Å². The molecule has 0 amide bonds. The minimum absolute atomic E-state index is 0.0737. The monoisotopic (exact) mass is 376 g/mol. The largest absolute Gasteiger partial charge is 0.508 e. The molecule has 1 N–H and O–H groups in total. The summed E-state index contributed by atoms with van der Waals surface area (Å²) in [4.78, 5) is 23.4. The summed E-state index contributed by atoms with van der Waals surface area (Å²) in [7, 11) is -1.02. The zero-order valence-electron chi connectivity index (χ0n) is 16.5. The summed E-state index contributed by atoms with van der Waals surface area (Å²) in [5.74, 6) is -0.832. The maximum atomic E-state index is 12.0. The lowest BCUT2D eigenvalue weighted by atomic mass is 9.98. The van der Waals surface area contributed by atoms with Crippen LogP contribution in [0.25, 0.3) is 0 Å². The van der Waals surface area contributed by atoms with Crippen LogP contribution in [0.3, 0.4) is 0 Å². The SMILES string of the molecule is COC(=O)O[C@@H]1[C@@H](CO[Si](C(C)C)(C(C)C)C(C)C)OC(=O)[C@@]1(C)O. The van der Waals surface area contributed by atoms with E-state index in [1.54, 1.807) is 0 Å². The Hall–Kier alpha value is -1.12. The van der Waals surface area contributed by atoms with Crippen molar-refractivity contribution in [3.63, 3.8) is 0 Å². The van der Waals surface area contributed by atoms with Crippen LogP contribution in [0.5, 0.6) is 0 Å². The van der Waals surface area contributed by atoms with Gasteiger partial charge in [-0.3, -0.25) is 0 Å². The lowest BCUT2D eigenvalue weighted by molar-refractivity contribution is -0.155. The highest BCUT2D eigenvalue weighted by Crippen LogP contribution is 2.43. The number of cyclic esters (lactones) is 1. The number of carbonyl (C=O) groups is 2. The summed E-state index contributed by atoms with van der Waals surface area (Å²) in [6.45, 7) is 14.2. The molecule has 1 fully saturated rings. The zero-order valence-corrected chi connectivity index (χ0v) is 17.5. The van der Waals surface area contributed by atoms with Crippen molar-refractivity contribution in [1.82, 2.24) is 0 Å². The number of hydrogen-bond donors (Lipinski definition) is 1. The average molecular weight is 377 g/mol. The summed E-state index contributed by atoms with van der Waals surface area (Å²) in [6, 6.07) is 0. The number of hydrogen-bond acceptors (Lipinski definition) is 7. The van der Waals surface area contributed by atoms with Gasteiger partial charge in [-0.1, -0.05) is 41.5 Å². The third-order valence-corrected chi connectivity index (χ3v) is 11.2. The standard InChI is InChI=1S/C17H32O7Si/c1-10(2)25(11(3)4,12(5)6)22-9-13-14(24-16(19)21-8)17(7,20)15(18)23-13/h10-14,20H,9H2,1-8H3/t13-,14-,17+/m1/s1. The Morgan fingerprint density at radius 1 is 1.20 bits per heavy atom. The van der Waals surface area contributed by atoms with Gasteiger partial charge in [-0.05, 0) is 23.5 Å². The van der Waals surface area contributed by atoms with Crippen molar-refractivity contribution in [1.29, 1.82) is 0 Å². The van der Waals surface area contributed by atoms with Gasteiger partial charge in [0.05, 0.1) is 13.7 Å². The van der Waals surface area contributed by atoms with Crippen molar-refractivity contribution in [2.75, 3.05) is 13.7 Å². The molecule has 25 heavy (non-hydrogen) atoms. The van der Waals surface area contributed by atoms with E-state index in [9.17, 15) is 14.7 Å². The van der Waals surface area contributed by atoms with E-state index in [4.69, 9.17) is 13.9 Å². The second-order valence-corrected chi connectivity index (χ2v) is 13.2. The van der Waals surface area contributed by atoms with Gasteiger partial charge in [0.25, 0.3) is 0 Å². The molecule has 1 aliphatic rings. The Balaban J connectivity index is 3.02. The predicted octanol–water partition coefficient (Wildman–Crippen LogP) is 3.01. The van der Waals surface area contributed by atoms with Crippen LogP contribution in [0, 0.1) is 0 Å². The molecule has 1 heterocycles. The first-order chi connectivity index (χ1) is 11.4. The van der Waals surface area contributed by atoms with E-state index in [-0.39, 0.29) is 6.61 Å². The maximum absolute atomic E-state index is 12.0. The van der Waals surface area contributed by atoms with Crippen LogP contribution in [-0.2, 0) is 23.4 Å². The summed E-state index contributed by atoms with van der Waals surface area (Å²) < 4.78 is 21.2. The Morgan fingerprint density at radius 3 is 2.08 bits per heavy atom. The molecule has 8 heteroatoms. The average Bonchev–Trinajstić information content (AvgIpc) is 2.70. The Bertz CT molecular complexity index is 466. The first kappa shape index (κ1) is 21.9. The van der Waals surface area contributed by atoms with Gasteiger partial charge in [0.1, 0.15) is 0 Å². The summed E-state index contributed by atoms with van der Waals surface area (Å²) >= 11 is 0. The molecule has 1 aliphatic heterocycles. The predicted molar refractivity (Wildman–Crippen MR) is 94.8 cm³/mol. The molecule has 7 nitrogen and oxygen atoms in total. The van der Waals surface area contributed by atoms with Crippen LogP contribution in [0.2, 0.25) is 16.6 Å². The molecule has 0 radical (unpaired) electrons. The number of esters is 1. The number of aliphatic hydroxyl groups is 1. The van der Waals surface area contributed by atoms with E-state index >= 15 is 0 Å². The normalized spacial score (nSPS) is 27.1. The maximum Gasteiger partial charge on any atom is 0.508 e. The summed E-state index contributed by atoms with van der Waals surface area (Å²) in [5.41, 5.74) is -0.875. The number of ether oxygens (including phenoxy) is 3. The van der Waals surface area contributed by atoms with Crippen molar-refractivity contribution >= 4 is 20.4 Å². The minimum Gasteiger partial charge on any atom is -0.454 e. The second-order valence-electron chi connectivity index (χ2n) is 7.71. The van der Waals surface area contributed by atoms with Crippen molar-refractivity contribution in [2.24, 2.45) is 0 Å². The molecule has 0 aromatic rings. The van der Waals surface area contributed by atoms with Gasteiger partial charge in [-0.2, -0.15) is 0 Å². The fraction of sp³-hybridized carbons (Fsp3) is 0.882. The number of rotatable bonds is 7. The smallest absolute Gasteiger partial charge is 0.454 e. The molecule has 0 bridgehead atoms. The molecular weight excluding hydrogens is 344 g/mol. The Kier molecular flexibility index (Phi) is 7.06. The molecule has 1 saturated heterocycles. The highest BCUT2D eigenvalue weighted by molar-refractivity contribution is 6.77. The molecule has 0 saturated carbocycles. The zero-order chi connectivity index (χ0) is 19.6. The van der Waals surface area contributed by atoms with Crippen molar-refractivity contribution in [3.8, 4) is 0 Å². The van der Waals surface area contributed by atoms with Crippen LogP contribution in [0.15, 0.2) is 0 Å². The molecule has 146 valence electrons. The highest BCUT2D eigenvalue weighted by Gasteiger charge is 2.57. The van der Waals surface area contributed by atoms with E-state index in [0.717, 1.165) is 7.11 Å². The van der Waals surface area contributed by atoms with Crippen LogP contribution in [0.4, 0.5) is 4.79 Å². The molecule has 0 aromatic heterocycles. The Morgan fingerprint density at radius 2 is 1.68 bits per heavy atom. The third-order valence-electron chi connectivity index (χ3n) is 5.16. The van der Waals surface area contributed by atoms with Crippen LogP contribution < -0.4 is 0 Å². The first-order valence-corrected chi connectivity index (χ1v) is 10.9. The lowest BCUT2D eigenvalue weighted by Crippen LogP contribution is -2.51. The fourth-order valence-electron chi connectivity index (χ4n) is 3.99. The number of carbonyl (C=O) groups excluding carboxylic acids is 2. The summed E-state index contributed by atoms with van der Waals surface area (Å²) in [5, 5.41) is 10.3. The molecule has 3 atom stereocenters. The Labute approximate surface area is 151 Å². The van der Waals surface area contributed by atoms with Crippen LogP contribution in [0.1, 0.15) is 48.5 Å². The van der Waals surface area contributed by atoms with E-state index in [0.29, 0.717) is 16.6 Å². The van der Waals surface area contributed by atoms with Crippen molar-refractivity contribution in [3.05, 3.63) is 0 Å². The van der Waals surface area contributed by atoms with Crippen LogP contribution in [-0.4, -0.2) is 57.1 Å². The van der Waals surface area contributed by atoms with Gasteiger partial charge in [0.2, 0.25) is 8.32 Å². The molecule has 0 spiro atoms. The second kappa shape index (κ2) is 8.05. The van der Waals surface area contributed by atoms with E-state index < -0.39 is 38.3 Å².